The van der Waals surface area contributed by atoms with Crippen LogP contribution >= 0.6 is 0 Å². The molecule has 2 aromatic rings. The Labute approximate surface area is 123 Å². The van der Waals surface area contributed by atoms with E-state index in [4.69, 9.17) is 9.26 Å². The molecular formula is C13H20N6O2. The minimum absolute atomic E-state index is 0.394. The molecule has 0 aliphatic carbocycles. The van der Waals surface area contributed by atoms with Crippen LogP contribution in [0.5, 0.6) is 0 Å². The lowest BCUT2D eigenvalue weighted by molar-refractivity contribution is 0.128. The second kappa shape index (κ2) is 7.53. The molecule has 0 fully saturated rings. The van der Waals surface area contributed by atoms with Gasteiger partial charge >= 0.3 is 0 Å². The van der Waals surface area contributed by atoms with Crippen molar-refractivity contribution in [3.63, 3.8) is 0 Å². The van der Waals surface area contributed by atoms with E-state index in [1.807, 2.05) is 20.0 Å². The molecule has 0 aromatic carbocycles. The molecule has 0 aliphatic heterocycles. The number of hydrogen-bond donors (Lipinski definition) is 2. The van der Waals surface area contributed by atoms with Gasteiger partial charge in [-0.15, -0.1) is 0 Å². The van der Waals surface area contributed by atoms with E-state index in [1.54, 1.807) is 6.92 Å². The van der Waals surface area contributed by atoms with Crippen molar-refractivity contribution in [2.75, 3.05) is 30.8 Å². The lowest BCUT2D eigenvalue weighted by atomic mass is 10.4. The van der Waals surface area contributed by atoms with Crippen molar-refractivity contribution in [1.29, 1.82) is 0 Å². The van der Waals surface area contributed by atoms with E-state index in [1.165, 1.54) is 0 Å². The van der Waals surface area contributed by atoms with Crippen molar-refractivity contribution in [2.45, 2.75) is 26.9 Å². The van der Waals surface area contributed by atoms with Crippen molar-refractivity contribution in [1.82, 2.24) is 20.1 Å². The molecule has 2 N–H and O–H groups in total. The fourth-order valence-corrected chi connectivity index (χ4v) is 1.72. The average Bonchev–Trinajstić information content (AvgIpc) is 2.90. The lowest BCUT2D eigenvalue weighted by Crippen LogP contribution is -2.10. The molecule has 0 saturated heterocycles. The largest absolute Gasteiger partial charge is 0.374 e. The van der Waals surface area contributed by atoms with Crippen molar-refractivity contribution in [2.24, 2.45) is 0 Å². The highest BCUT2D eigenvalue weighted by Crippen LogP contribution is 2.11. The van der Waals surface area contributed by atoms with Crippen LogP contribution in [-0.2, 0) is 17.8 Å². The topological polar surface area (TPSA) is 98.0 Å². The molecule has 8 heteroatoms. The third-order valence-corrected chi connectivity index (χ3v) is 2.69. The van der Waals surface area contributed by atoms with Gasteiger partial charge in [-0.25, -0.2) is 9.97 Å². The first-order valence-electron chi connectivity index (χ1n) is 6.87. The molecule has 2 aromatic heterocycles. The zero-order valence-corrected chi connectivity index (χ0v) is 12.5. The summed E-state index contributed by atoms with van der Waals surface area (Å²) in [5.41, 5.74) is 0. The van der Waals surface area contributed by atoms with Crippen LogP contribution in [0.15, 0.2) is 10.6 Å². The molecule has 0 amide bonds. The first kappa shape index (κ1) is 15.2. The zero-order valence-electron chi connectivity index (χ0n) is 12.5. The van der Waals surface area contributed by atoms with Gasteiger partial charge in [-0.2, -0.15) is 4.98 Å². The van der Waals surface area contributed by atoms with E-state index < -0.39 is 0 Å². The molecule has 0 saturated carbocycles. The number of nitrogens with one attached hydrogen (secondary N) is 2. The van der Waals surface area contributed by atoms with E-state index in [0.29, 0.717) is 43.7 Å². The van der Waals surface area contributed by atoms with Crippen LogP contribution in [0.3, 0.4) is 0 Å². The van der Waals surface area contributed by atoms with Crippen molar-refractivity contribution < 1.29 is 9.26 Å². The van der Waals surface area contributed by atoms with Crippen LogP contribution in [0.4, 0.5) is 11.6 Å². The molecule has 21 heavy (non-hydrogen) atoms. The predicted octanol–water partition coefficient (Wildman–Crippen LogP) is 1.40. The minimum atomic E-state index is 0.394. The molecule has 2 rings (SSSR count). The van der Waals surface area contributed by atoms with Gasteiger partial charge in [-0.05, 0) is 6.92 Å². The van der Waals surface area contributed by atoms with E-state index in [0.717, 1.165) is 11.6 Å². The normalized spacial score (nSPS) is 10.6. The quantitative estimate of drug-likeness (QED) is 0.753. The standard InChI is InChI=1S/C13H20N6O2/c1-4-20-8-13-17-11(14-3)7-12(18-13)15-6-5-10-16-9(2)21-19-10/h7H,4-6,8H2,1-3H3,(H2,14,15,17,18). The average molecular weight is 292 g/mol. The maximum atomic E-state index is 5.34. The Morgan fingerprint density at radius 3 is 2.67 bits per heavy atom. The lowest BCUT2D eigenvalue weighted by Gasteiger charge is -2.09. The van der Waals surface area contributed by atoms with Gasteiger partial charge in [0.2, 0.25) is 5.89 Å². The van der Waals surface area contributed by atoms with Crippen molar-refractivity contribution in [3.8, 4) is 0 Å². The third kappa shape index (κ3) is 4.67. The van der Waals surface area contributed by atoms with Gasteiger partial charge in [0.1, 0.15) is 18.2 Å². The summed E-state index contributed by atoms with van der Waals surface area (Å²) < 4.78 is 10.3. The molecular weight excluding hydrogens is 272 g/mol. The van der Waals surface area contributed by atoms with Gasteiger partial charge in [0.05, 0.1) is 0 Å². The van der Waals surface area contributed by atoms with Crippen molar-refractivity contribution >= 4 is 11.6 Å². The Morgan fingerprint density at radius 1 is 1.19 bits per heavy atom. The maximum Gasteiger partial charge on any atom is 0.223 e. The van der Waals surface area contributed by atoms with E-state index >= 15 is 0 Å². The Hall–Kier alpha value is -2.22. The Bertz CT molecular complexity index is 572. The number of ether oxygens (including phenoxy) is 1. The highest BCUT2D eigenvalue weighted by Gasteiger charge is 2.05. The summed E-state index contributed by atoms with van der Waals surface area (Å²) in [6, 6.07) is 1.84. The fourth-order valence-electron chi connectivity index (χ4n) is 1.72. The first-order chi connectivity index (χ1) is 10.2. The molecule has 8 nitrogen and oxygen atoms in total. The summed E-state index contributed by atoms with van der Waals surface area (Å²) in [5.74, 6) is 3.38. The number of hydrogen-bond acceptors (Lipinski definition) is 8. The van der Waals surface area contributed by atoms with Gasteiger partial charge in [-0.3, -0.25) is 0 Å². The summed E-state index contributed by atoms with van der Waals surface area (Å²) in [6.45, 7) is 5.40. The molecule has 0 unspecified atom stereocenters. The van der Waals surface area contributed by atoms with Crippen LogP contribution in [-0.4, -0.2) is 40.3 Å². The van der Waals surface area contributed by atoms with Gasteiger partial charge in [-0.1, -0.05) is 5.16 Å². The molecule has 0 radical (unpaired) electrons. The fraction of sp³-hybridized carbons (Fsp3) is 0.538. The van der Waals surface area contributed by atoms with E-state index in [-0.39, 0.29) is 0 Å². The molecule has 2 heterocycles. The summed E-state index contributed by atoms with van der Waals surface area (Å²) in [7, 11) is 1.82. The van der Waals surface area contributed by atoms with Crippen LogP contribution in [0, 0.1) is 6.92 Å². The highest BCUT2D eigenvalue weighted by atomic mass is 16.5. The van der Waals surface area contributed by atoms with Crippen molar-refractivity contribution in [3.05, 3.63) is 23.6 Å². The number of rotatable bonds is 8. The second-order valence-electron chi connectivity index (χ2n) is 4.35. The zero-order chi connectivity index (χ0) is 15.1. The van der Waals surface area contributed by atoms with E-state index in [2.05, 4.69) is 30.7 Å². The van der Waals surface area contributed by atoms with Gasteiger partial charge in [0, 0.05) is 39.6 Å². The summed E-state index contributed by atoms with van der Waals surface area (Å²) >= 11 is 0. The van der Waals surface area contributed by atoms with E-state index in [9.17, 15) is 0 Å². The van der Waals surface area contributed by atoms with Crippen LogP contribution in [0.2, 0.25) is 0 Å². The smallest absolute Gasteiger partial charge is 0.223 e. The monoisotopic (exact) mass is 292 g/mol. The number of aromatic nitrogens is 4. The highest BCUT2D eigenvalue weighted by molar-refractivity contribution is 5.47. The Kier molecular flexibility index (Phi) is 5.44. The third-order valence-electron chi connectivity index (χ3n) is 2.69. The first-order valence-corrected chi connectivity index (χ1v) is 6.87. The molecule has 0 bridgehead atoms. The summed E-state index contributed by atoms with van der Waals surface area (Å²) in [5, 5.41) is 10.1. The summed E-state index contributed by atoms with van der Waals surface area (Å²) in [6.07, 6.45) is 0.664. The summed E-state index contributed by atoms with van der Waals surface area (Å²) in [4.78, 5) is 12.9. The number of aryl methyl sites for hydroxylation is 1. The van der Waals surface area contributed by atoms with Gasteiger partial charge in [0.25, 0.3) is 0 Å². The number of nitrogens with zero attached hydrogens (tertiary/aromatic N) is 4. The van der Waals surface area contributed by atoms with Gasteiger partial charge < -0.3 is 19.9 Å². The molecule has 0 atom stereocenters. The predicted molar refractivity (Wildman–Crippen MR) is 78.1 cm³/mol. The Morgan fingerprint density at radius 2 is 2.00 bits per heavy atom. The SMILES string of the molecule is CCOCc1nc(NC)cc(NCCc2noc(C)n2)n1. The van der Waals surface area contributed by atoms with Crippen LogP contribution < -0.4 is 10.6 Å². The molecule has 114 valence electrons. The second-order valence-corrected chi connectivity index (χ2v) is 4.35. The molecule has 0 spiro atoms. The minimum Gasteiger partial charge on any atom is -0.374 e. The Balaban J connectivity index is 1.94. The number of anilines is 2. The van der Waals surface area contributed by atoms with Crippen LogP contribution in [0.1, 0.15) is 24.5 Å². The molecule has 0 aliphatic rings. The maximum absolute atomic E-state index is 5.34. The van der Waals surface area contributed by atoms with Gasteiger partial charge in [0.15, 0.2) is 11.6 Å². The van der Waals surface area contributed by atoms with Crippen LogP contribution in [0.25, 0.3) is 0 Å².